The van der Waals surface area contributed by atoms with Crippen molar-refractivity contribution in [3.05, 3.63) is 101 Å². The summed E-state index contributed by atoms with van der Waals surface area (Å²) in [4.78, 5) is 30.2. The number of aliphatic hydroxyl groups is 1. The molecule has 3 aromatic rings. The lowest BCUT2D eigenvalue weighted by molar-refractivity contribution is -0.140. The first kappa shape index (κ1) is 27.9. The largest absolute Gasteiger partial charge is 0.508 e. The summed E-state index contributed by atoms with van der Waals surface area (Å²) >= 11 is 0. The van der Waals surface area contributed by atoms with Gasteiger partial charge in [-0.1, -0.05) is 55.8 Å². The molecule has 0 aliphatic carbocycles. The number of rotatable bonds is 11. The number of ketones is 1. The molecule has 1 aliphatic rings. The molecule has 0 bridgehead atoms. The highest BCUT2D eigenvalue weighted by molar-refractivity contribution is 6.46. The van der Waals surface area contributed by atoms with Crippen molar-refractivity contribution in [3.63, 3.8) is 0 Å². The van der Waals surface area contributed by atoms with E-state index in [1.54, 1.807) is 36.4 Å². The number of Topliss-reactive ketones (excluding diaryl/α,β-unsaturated/α-hetero) is 1. The number of hydrogen-bond acceptors (Lipinski definition) is 6. The summed E-state index contributed by atoms with van der Waals surface area (Å²) in [5.74, 6) is -0.874. The standard InChI is InChI=1S/C32H36N2O5/c1-4-33(5-2)19-6-20-34-29(24-11-15-26(35)16-12-24)28(31(37)32(34)38)30(36)25-13-17-27(18-14-25)39-21-23-9-7-22(3)8-10-23/h7-18,29,35-36H,4-6,19-21H2,1-3H3/b30-28+. The van der Waals surface area contributed by atoms with E-state index < -0.39 is 17.7 Å². The number of aliphatic hydroxyl groups excluding tert-OH is 1. The molecule has 1 amide bonds. The Hall–Kier alpha value is -4.10. The number of nitrogens with zero attached hydrogens (tertiary/aromatic N) is 2. The molecule has 7 nitrogen and oxygen atoms in total. The van der Waals surface area contributed by atoms with Crippen molar-refractivity contribution in [1.82, 2.24) is 9.80 Å². The monoisotopic (exact) mass is 528 g/mol. The number of aromatic hydroxyl groups is 1. The van der Waals surface area contributed by atoms with Crippen LogP contribution in [-0.4, -0.2) is 57.9 Å². The summed E-state index contributed by atoms with van der Waals surface area (Å²) < 4.78 is 5.88. The summed E-state index contributed by atoms with van der Waals surface area (Å²) in [6.45, 7) is 9.59. The quantitative estimate of drug-likeness (QED) is 0.196. The van der Waals surface area contributed by atoms with Gasteiger partial charge in [0.15, 0.2) is 0 Å². The predicted octanol–water partition coefficient (Wildman–Crippen LogP) is 5.43. The highest BCUT2D eigenvalue weighted by atomic mass is 16.5. The van der Waals surface area contributed by atoms with Gasteiger partial charge in [0.25, 0.3) is 11.7 Å². The van der Waals surface area contributed by atoms with Crippen molar-refractivity contribution in [2.45, 2.75) is 39.8 Å². The summed E-state index contributed by atoms with van der Waals surface area (Å²) in [6, 6.07) is 20.6. The molecule has 1 unspecified atom stereocenters. The second-order valence-electron chi connectivity index (χ2n) is 9.76. The molecule has 1 saturated heterocycles. The van der Waals surface area contributed by atoms with E-state index in [1.807, 2.05) is 31.2 Å². The summed E-state index contributed by atoms with van der Waals surface area (Å²) in [5.41, 5.74) is 3.33. The second-order valence-corrected chi connectivity index (χ2v) is 9.76. The Morgan fingerprint density at radius 1 is 0.923 bits per heavy atom. The summed E-state index contributed by atoms with van der Waals surface area (Å²) in [6.07, 6.45) is 0.691. The zero-order valence-corrected chi connectivity index (χ0v) is 22.8. The lowest BCUT2D eigenvalue weighted by atomic mass is 9.95. The van der Waals surface area contributed by atoms with Gasteiger partial charge in [0.05, 0.1) is 11.6 Å². The molecule has 0 aromatic heterocycles. The first-order chi connectivity index (χ1) is 18.8. The highest BCUT2D eigenvalue weighted by Gasteiger charge is 2.45. The smallest absolute Gasteiger partial charge is 0.295 e. The van der Waals surface area contributed by atoms with E-state index in [1.165, 1.54) is 22.6 Å². The molecule has 3 aromatic carbocycles. The van der Waals surface area contributed by atoms with Crippen LogP contribution in [0.4, 0.5) is 0 Å². The fourth-order valence-corrected chi connectivity index (χ4v) is 4.83. The van der Waals surface area contributed by atoms with Crippen LogP contribution in [0.15, 0.2) is 78.4 Å². The van der Waals surface area contributed by atoms with E-state index in [-0.39, 0.29) is 17.1 Å². The lowest BCUT2D eigenvalue weighted by Crippen LogP contribution is -2.33. The maximum Gasteiger partial charge on any atom is 0.295 e. The Balaban J connectivity index is 1.60. The van der Waals surface area contributed by atoms with Crippen LogP contribution in [0.1, 0.15) is 48.6 Å². The Morgan fingerprint density at radius 3 is 2.18 bits per heavy atom. The second kappa shape index (κ2) is 12.6. The molecule has 1 aliphatic heterocycles. The summed E-state index contributed by atoms with van der Waals surface area (Å²) in [7, 11) is 0. The molecule has 0 saturated carbocycles. The number of carbonyl (C=O) groups excluding carboxylic acids is 2. The topological polar surface area (TPSA) is 90.3 Å². The minimum atomic E-state index is -0.750. The van der Waals surface area contributed by atoms with Gasteiger partial charge in [-0.25, -0.2) is 0 Å². The average molecular weight is 529 g/mol. The van der Waals surface area contributed by atoms with Gasteiger partial charge < -0.3 is 24.7 Å². The van der Waals surface area contributed by atoms with E-state index in [2.05, 4.69) is 18.7 Å². The number of amides is 1. The number of aryl methyl sites for hydroxylation is 1. The number of ether oxygens (including phenoxy) is 1. The van der Waals surface area contributed by atoms with Crippen molar-refractivity contribution in [2.24, 2.45) is 0 Å². The Morgan fingerprint density at radius 2 is 1.56 bits per heavy atom. The fraction of sp³-hybridized carbons (Fsp3) is 0.312. The van der Waals surface area contributed by atoms with Gasteiger partial charge in [-0.2, -0.15) is 0 Å². The van der Waals surface area contributed by atoms with Crippen molar-refractivity contribution in [2.75, 3.05) is 26.2 Å². The molecular weight excluding hydrogens is 492 g/mol. The minimum Gasteiger partial charge on any atom is -0.508 e. The first-order valence-corrected chi connectivity index (χ1v) is 13.4. The Kier molecular flexibility index (Phi) is 9.04. The molecule has 1 heterocycles. The molecule has 0 spiro atoms. The molecule has 7 heteroatoms. The number of phenols is 1. The number of carbonyl (C=O) groups is 2. The van der Waals surface area contributed by atoms with Crippen molar-refractivity contribution in [3.8, 4) is 11.5 Å². The van der Waals surface area contributed by atoms with Gasteiger partial charge in [-0.15, -0.1) is 0 Å². The zero-order chi connectivity index (χ0) is 27.9. The number of benzene rings is 3. The van der Waals surface area contributed by atoms with Crippen LogP contribution in [0.3, 0.4) is 0 Å². The molecule has 1 fully saturated rings. The van der Waals surface area contributed by atoms with Gasteiger partial charge in [0.1, 0.15) is 23.9 Å². The number of likely N-dealkylation sites (tertiary alicyclic amines) is 1. The zero-order valence-electron chi connectivity index (χ0n) is 22.8. The number of hydrogen-bond donors (Lipinski definition) is 2. The van der Waals surface area contributed by atoms with Crippen LogP contribution in [0.25, 0.3) is 5.76 Å². The fourth-order valence-electron chi connectivity index (χ4n) is 4.83. The van der Waals surface area contributed by atoms with E-state index in [9.17, 15) is 19.8 Å². The minimum absolute atomic E-state index is 0.0434. The van der Waals surface area contributed by atoms with Crippen LogP contribution in [0.2, 0.25) is 0 Å². The molecule has 204 valence electrons. The Bertz CT molecular complexity index is 1310. The van der Waals surface area contributed by atoms with Crippen molar-refractivity contribution >= 4 is 17.4 Å². The van der Waals surface area contributed by atoms with E-state index in [0.29, 0.717) is 36.4 Å². The molecule has 39 heavy (non-hydrogen) atoms. The third kappa shape index (κ3) is 6.49. The molecular formula is C32H36N2O5. The van der Waals surface area contributed by atoms with Gasteiger partial charge in [0.2, 0.25) is 0 Å². The van der Waals surface area contributed by atoms with Crippen LogP contribution < -0.4 is 4.74 Å². The molecule has 2 N–H and O–H groups in total. The molecule has 0 radical (unpaired) electrons. The van der Waals surface area contributed by atoms with Gasteiger partial charge in [0, 0.05) is 12.1 Å². The third-order valence-corrected chi connectivity index (χ3v) is 7.17. The normalized spacial score (nSPS) is 16.7. The SMILES string of the molecule is CCN(CC)CCCN1C(=O)C(=O)/C(=C(/O)c2ccc(OCc3ccc(C)cc3)cc2)C1c1ccc(O)cc1. The maximum atomic E-state index is 13.2. The van der Waals surface area contributed by atoms with Crippen LogP contribution in [0, 0.1) is 6.92 Å². The first-order valence-electron chi connectivity index (χ1n) is 13.4. The summed E-state index contributed by atoms with van der Waals surface area (Å²) in [5, 5.41) is 21.1. The lowest BCUT2D eigenvalue weighted by Gasteiger charge is -2.26. The van der Waals surface area contributed by atoms with Crippen molar-refractivity contribution < 1.29 is 24.5 Å². The predicted molar refractivity (Wildman–Crippen MR) is 151 cm³/mol. The Labute approximate surface area is 230 Å². The van der Waals surface area contributed by atoms with Crippen molar-refractivity contribution in [1.29, 1.82) is 0 Å². The highest BCUT2D eigenvalue weighted by Crippen LogP contribution is 2.40. The molecule has 1 atom stereocenters. The van der Waals surface area contributed by atoms with Crippen LogP contribution in [-0.2, 0) is 16.2 Å². The number of phenolic OH excluding ortho intramolecular Hbond substituents is 1. The van der Waals surface area contributed by atoms with Gasteiger partial charge >= 0.3 is 0 Å². The van der Waals surface area contributed by atoms with Gasteiger partial charge in [-0.05, 0) is 80.5 Å². The average Bonchev–Trinajstić information content (AvgIpc) is 3.20. The third-order valence-electron chi connectivity index (χ3n) is 7.17. The van der Waals surface area contributed by atoms with Gasteiger partial charge in [-0.3, -0.25) is 9.59 Å². The molecule has 4 rings (SSSR count). The maximum absolute atomic E-state index is 13.2. The van der Waals surface area contributed by atoms with Crippen LogP contribution >= 0.6 is 0 Å². The van der Waals surface area contributed by atoms with E-state index >= 15 is 0 Å². The van der Waals surface area contributed by atoms with Crippen LogP contribution in [0.5, 0.6) is 11.5 Å². The van der Waals surface area contributed by atoms with E-state index in [0.717, 1.165) is 25.2 Å². The van der Waals surface area contributed by atoms with E-state index in [4.69, 9.17) is 4.74 Å².